The van der Waals surface area contributed by atoms with Crippen LogP contribution in [0.1, 0.15) is 44.5 Å². The lowest BCUT2D eigenvalue weighted by Crippen LogP contribution is -2.37. The lowest BCUT2D eigenvalue weighted by Gasteiger charge is -2.16. The molecule has 1 unspecified atom stereocenters. The fourth-order valence-corrected chi connectivity index (χ4v) is 1.73. The molecule has 1 aromatic carbocycles. The second kappa shape index (κ2) is 7.68. The molecule has 0 bridgehead atoms. The van der Waals surface area contributed by atoms with Crippen molar-refractivity contribution in [1.82, 2.24) is 5.32 Å². The summed E-state index contributed by atoms with van der Waals surface area (Å²) in [5, 5.41) is 2.83. The van der Waals surface area contributed by atoms with Crippen LogP contribution in [0, 0.1) is 5.92 Å². The highest BCUT2D eigenvalue weighted by Crippen LogP contribution is 2.19. The molecule has 1 atom stereocenters. The quantitative estimate of drug-likeness (QED) is 0.780. The monoisotopic (exact) mass is 277 g/mol. The fourth-order valence-electron chi connectivity index (χ4n) is 1.73. The molecule has 1 N–H and O–H groups in total. The van der Waals surface area contributed by atoms with Crippen molar-refractivity contribution in [2.45, 2.75) is 40.2 Å². The summed E-state index contributed by atoms with van der Waals surface area (Å²) in [6.07, 6.45) is 0.310. The predicted octanol–water partition coefficient (Wildman–Crippen LogP) is 2.82. The molecule has 4 heteroatoms. The van der Waals surface area contributed by atoms with Gasteiger partial charge in [0.1, 0.15) is 5.75 Å². The lowest BCUT2D eigenvalue weighted by atomic mass is 10.1. The predicted molar refractivity (Wildman–Crippen MR) is 79.0 cm³/mol. The third kappa shape index (κ3) is 5.03. The van der Waals surface area contributed by atoms with E-state index in [-0.39, 0.29) is 11.7 Å². The maximum atomic E-state index is 11.9. The Morgan fingerprint density at radius 1 is 1.20 bits per heavy atom. The molecule has 0 radical (unpaired) electrons. The van der Waals surface area contributed by atoms with Crippen molar-refractivity contribution in [2.24, 2.45) is 5.92 Å². The zero-order valence-electron chi connectivity index (χ0n) is 12.6. The summed E-state index contributed by atoms with van der Waals surface area (Å²) in [4.78, 5) is 23.4. The molecular formula is C16H23NO3. The third-order valence-corrected chi connectivity index (χ3v) is 2.96. The highest BCUT2D eigenvalue weighted by atomic mass is 16.5. The van der Waals surface area contributed by atoms with Gasteiger partial charge in [-0.1, -0.05) is 26.0 Å². The van der Waals surface area contributed by atoms with Crippen LogP contribution >= 0.6 is 0 Å². The van der Waals surface area contributed by atoms with Gasteiger partial charge in [-0.3, -0.25) is 9.59 Å². The van der Waals surface area contributed by atoms with Crippen LogP contribution in [0.4, 0.5) is 0 Å². The van der Waals surface area contributed by atoms with Crippen molar-refractivity contribution in [2.75, 3.05) is 6.54 Å². The minimum absolute atomic E-state index is 0.0759. The number of ether oxygens (including phenoxy) is 1. The number of para-hydroxylation sites is 1. The molecule has 0 fully saturated rings. The van der Waals surface area contributed by atoms with Gasteiger partial charge >= 0.3 is 0 Å². The first-order valence-corrected chi connectivity index (χ1v) is 6.96. The molecule has 1 aromatic rings. The fraction of sp³-hybridized carbons (Fsp3) is 0.500. The Labute approximate surface area is 120 Å². The number of benzene rings is 1. The summed E-state index contributed by atoms with van der Waals surface area (Å²) < 4.78 is 5.59. The Balaban J connectivity index is 2.59. The van der Waals surface area contributed by atoms with Crippen LogP contribution in [0.3, 0.4) is 0 Å². The topological polar surface area (TPSA) is 55.4 Å². The Kier molecular flexibility index (Phi) is 6.22. The first-order valence-electron chi connectivity index (χ1n) is 6.96. The average molecular weight is 277 g/mol. The number of carbonyl (C=O) groups excluding carboxylic acids is 2. The van der Waals surface area contributed by atoms with Crippen molar-refractivity contribution < 1.29 is 14.3 Å². The van der Waals surface area contributed by atoms with Gasteiger partial charge in [-0.25, -0.2) is 0 Å². The number of nitrogens with one attached hydrogen (secondary N) is 1. The summed E-state index contributed by atoms with van der Waals surface area (Å²) in [6, 6.07) is 6.96. The molecule has 0 aromatic heterocycles. The van der Waals surface area contributed by atoms with Crippen molar-refractivity contribution in [3.8, 4) is 5.75 Å². The van der Waals surface area contributed by atoms with Crippen LogP contribution < -0.4 is 10.1 Å². The summed E-state index contributed by atoms with van der Waals surface area (Å²) in [5.41, 5.74) is 0.495. The third-order valence-electron chi connectivity index (χ3n) is 2.96. The Morgan fingerprint density at radius 2 is 1.85 bits per heavy atom. The minimum atomic E-state index is -0.623. The number of hydrogen-bond donors (Lipinski definition) is 1. The molecule has 0 saturated carbocycles. The van der Waals surface area contributed by atoms with E-state index in [0.717, 1.165) is 6.42 Å². The van der Waals surface area contributed by atoms with E-state index in [9.17, 15) is 9.59 Å². The van der Waals surface area contributed by atoms with Gasteiger partial charge in [0.25, 0.3) is 5.91 Å². The number of carbonyl (C=O) groups is 2. The smallest absolute Gasteiger partial charge is 0.260 e. The maximum Gasteiger partial charge on any atom is 0.260 e. The molecule has 0 aliphatic heterocycles. The van der Waals surface area contributed by atoms with Crippen LogP contribution in [0.25, 0.3) is 0 Å². The highest BCUT2D eigenvalue weighted by molar-refractivity contribution is 5.96. The van der Waals surface area contributed by atoms with E-state index in [1.807, 2.05) is 0 Å². The molecule has 0 saturated heterocycles. The van der Waals surface area contributed by atoms with Gasteiger partial charge in [0.15, 0.2) is 11.9 Å². The van der Waals surface area contributed by atoms with Gasteiger partial charge in [-0.15, -0.1) is 0 Å². The van der Waals surface area contributed by atoms with Gasteiger partial charge in [0.2, 0.25) is 0 Å². The molecular weight excluding hydrogens is 254 g/mol. The molecule has 0 aliphatic rings. The lowest BCUT2D eigenvalue weighted by molar-refractivity contribution is -0.127. The zero-order valence-corrected chi connectivity index (χ0v) is 12.6. The zero-order chi connectivity index (χ0) is 15.1. The molecule has 110 valence electrons. The van der Waals surface area contributed by atoms with Gasteiger partial charge in [0.05, 0.1) is 5.56 Å². The summed E-state index contributed by atoms with van der Waals surface area (Å²) >= 11 is 0. The minimum Gasteiger partial charge on any atom is -0.480 e. The van der Waals surface area contributed by atoms with Crippen LogP contribution in [0.5, 0.6) is 5.75 Å². The second-order valence-electron chi connectivity index (χ2n) is 5.29. The molecule has 0 heterocycles. The van der Waals surface area contributed by atoms with Gasteiger partial charge in [-0.05, 0) is 38.3 Å². The largest absolute Gasteiger partial charge is 0.480 e. The van der Waals surface area contributed by atoms with Crippen LogP contribution in [0.15, 0.2) is 24.3 Å². The molecule has 1 rings (SSSR count). The van der Waals surface area contributed by atoms with Gasteiger partial charge in [0, 0.05) is 6.54 Å². The van der Waals surface area contributed by atoms with Gasteiger partial charge < -0.3 is 10.1 Å². The molecule has 0 aliphatic carbocycles. The summed E-state index contributed by atoms with van der Waals surface area (Å²) in [7, 11) is 0. The Morgan fingerprint density at radius 3 is 2.45 bits per heavy atom. The molecule has 0 spiro atoms. The number of amides is 1. The number of Topliss-reactive ketones (excluding diaryl/α,β-unsaturated/α-hetero) is 1. The maximum absolute atomic E-state index is 11.9. The normalized spacial score (nSPS) is 12.1. The van der Waals surface area contributed by atoms with E-state index in [1.54, 1.807) is 31.2 Å². The highest BCUT2D eigenvalue weighted by Gasteiger charge is 2.17. The molecule has 20 heavy (non-hydrogen) atoms. The Hall–Kier alpha value is -1.84. The van der Waals surface area contributed by atoms with E-state index in [1.165, 1.54) is 6.92 Å². The standard InChI is InChI=1S/C16H23NO3/c1-11(2)9-10-17-16(19)13(4)20-15-8-6-5-7-14(15)12(3)18/h5-8,11,13H,9-10H2,1-4H3,(H,17,19). The molecule has 4 nitrogen and oxygen atoms in total. The van der Waals surface area contributed by atoms with E-state index >= 15 is 0 Å². The summed E-state index contributed by atoms with van der Waals surface area (Å²) in [6.45, 7) is 8.01. The van der Waals surface area contributed by atoms with Crippen molar-refractivity contribution in [3.05, 3.63) is 29.8 Å². The first-order chi connectivity index (χ1) is 9.41. The SMILES string of the molecule is CC(=O)c1ccccc1OC(C)C(=O)NCCC(C)C. The number of ketones is 1. The van der Waals surface area contributed by atoms with Crippen LogP contribution in [-0.2, 0) is 4.79 Å². The average Bonchev–Trinajstić information content (AvgIpc) is 2.38. The van der Waals surface area contributed by atoms with E-state index in [4.69, 9.17) is 4.74 Å². The second-order valence-corrected chi connectivity index (χ2v) is 5.29. The Bertz CT molecular complexity index is 469. The van der Waals surface area contributed by atoms with Crippen LogP contribution in [0.2, 0.25) is 0 Å². The van der Waals surface area contributed by atoms with Crippen molar-refractivity contribution in [1.29, 1.82) is 0 Å². The van der Waals surface area contributed by atoms with Crippen LogP contribution in [-0.4, -0.2) is 24.3 Å². The van der Waals surface area contributed by atoms with E-state index in [2.05, 4.69) is 19.2 Å². The first kappa shape index (κ1) is 16.2. The summed E-state index contributed by atoms with van der Waals surface area (Å²) in [5.74, 6) is 0.758. The van der Waals surface area contributed by atoms with Crippen molar-refractivity contribution in [3.63, 3.8) is 0 Å². The van der Waals surface area contributed by atoms with Crippen molar-refractivity contribution >= 4 is 11.7 Å². The number of rotatable bonds is 7. The van der Waals surface area contributed by atoms with E-state index in [0.29, 0.717) is 23.8 Å². The molecule has 1 amide bonds. The van der Waals surface area contributed by atoms with E-state index < -0.39 is 6.10 Å². The van der Waals surface area contributed by atoms with Gasteiger partial charge in [-0.2, -0.15) is 0 Å². The number of hydrogen-bond acceptors (Lipinski definition) is 3.